The molecule has 5 aromatic rings. The number of rotatable bonds is 6. The Hall–Kier alpha value is -4.20. The highest BCUT2D eigenvalue weighted by Gasteiger charge is 2.30. The fourth-order valence-corrected chi connectivity index (χ4v) is 3.68. The number of alkyl halides is 3. The van der Waals surface area contributed by atoms with E-state index in [1.165, 1.54) is 12.1 Å². The molecule has 0 aliphatic rings. The summed E-state index contributed by atoms with van der Waals surface area (Å²) in [6.07, 6.45) is -2.73. The first-order valence-electron chi connectivity index (χ1n) is 10.7. The predicted molar refractivity (Wildman–Crippen MR) is 125 cm³/mol. The minimum atomic E-state index is -4.36. The van der Waals surface area contributed by atoms with E-state index in [1.54, 1.807) is 6.33 Å². The van der Waals surface area contributed by atoms with Crippen molar-refractivity contribution in [2.45, 2.75) is 19.3 Å². The highest BCUT2D eigenvalue weighted by Crippen LogP contribution is 2.30. The van der Waals surface area contributed by atoms with Crippen molar-refractivity contribution < 1.29 is 13.2 Å². The summed E-state index contributed by atoms with van der Waals surface area (Å²) in [7, 11) is 0. The predicted octanol–water partition coefficient (Wildman–Crippen LogP) is 6.17. The number of imidazole rings is 1. The minimum absolute atomic E-state index is 0.331. The van der Waals surface area contributed by atoms with Crippen LogP contribution in [-0.2, 0) is 19.3 Å². The summed E-state index contributed by atoms with van der Waals surface area (Å²) in [4.78, 5) is 14.0. The van der Waals surface area contributed by atoms with Crippen LogP contribution in [-0.4, -0.2) is 19.5 Å². The van der Waals surface area contributed by atoms with Gasteiger partial charge in [-0.2, -0.15) is 13.2 Å². The van der Waals surface area contributed by atoms with Gasteiger partial charge in [0, 0.05) is 12.1 Å². The van der Waals surface area contributed by atoms with Crippen LogP contribution in [0.15, 0.2) is 91.3 Å². The highest BCUT2D eigenvalue weighted by atomic mass is 19.4. The molecule has 2 aromatic heterocycles. The van der Waals surface area contributed by atoms with Crippen molar-refractivity contribution in [1.29, 1.82) is 0 Å². The van der Waals surface area contributed by atoms with Crippen LogP contribution in [0.2, 0.25) is 0 Å². The molecule has 0 unspecified atom stereocenters. The van der Waals surface area contributed by atoms with E-state index in [0.29, 0.717) is 41.5 Å². The first kappa shape index (κ1) is 21.6. The standard InChI is InChI=1S/C26H20F3N5/c27-26(28,29)21-13-11-19(12-14-21)16-34-17-31-22-24(30-15-18-7-3-1-4-8-18)32-23(33-25(22)34)20-9-5-2-6-10-20/h1-14,17H,15-16H2,(H,30,32,33). The second kappa shape index (κ2) is 8.97. The average molecular weight is 459 g/mol. The molecule has 0 bridgehead atoms. The number of nitrogens with one attached hydrogen (secondary N) is 1. The number of nitrogens with zero attached hydrogens (tertiary/aromatic N) is 4. The Morgan fingerprint density at radius 1 is 0.765 bits per heavy atom. The van der Waals surface area contributed by atoms with Crippen LogP contribution in [0.5, 0.6) is 0 Å². The van der Waals surface area contributed by atoms with Crippen LogP contribution in [0.1, 0.15) is 16.7 Å². The molecule has 2 heterocycles. The summed E-state index contributed by atoms with van der Waals surface area (Å²) in [5.74, 6) is 1.14. The zero-order valence-corrected chi connectivity index (χ0v) is 18.0. The second-order valence-corrected chi connectivity index (χ2v) is 7.84. The molecule has 1 N–H and O–H groups in total. The number of aromatic nitrogens is 4. The van der Waals surface area contributed by atoms with Crippen molar-refractivity contribution in [1.82, 2.24) is 19.5 Å². The Bertz CT molecular complexity index is 1400. The van der Waals surface area contributed by atoms with Gasteiger partial charge in [0.25, 0.3) is 0 Å². The summed E-state index contributed by atoms with van der Waals surface area (Å²) in [5, 5.41) is 3.36. The van der Waals surface area contributed by atoms with Crippen LogP contribution < -0.4 is 5.32 Å². The number of halogens is 3. The first-order valence-corrected chi connectivity index (χ1v) is 10.7. The quantitative estimate of drug-likeness (QED) is 0.330. The van der Waals surface area contributed by atoms with Crippen molar-refractivity contribution in [2.24, 2.45) is 0 Å². The summed E-state index contributed by atoms with van der Waals surface area (Å²) in [5.41, 5.74) is 3.19. The lowest BCUT2D eigenvalue weighted by molar-refractivity contribution is -0.137. The molecule has 170 valence electrons. The third-order valence-electron chi connectivity index (χ3n) is 5.43. The molecular weight excluding hydrogens is 439 g/mol. The third kappa shape index (κ3) is 4.61. The van der Waals surface area contributed by atoms with Crippen molar-refractivity contribution in [3.8, 4) is 11.4 Å². The largest absolute Gasteiger partial charge is 0.416 e. The van der Waals surface area contributed by atoms with Gasteiger partial charge in [-0.3, -0.25) is 0 Å². The van der Waals surface area contributed by atoms with Crippen molar-refractivity contribution >= 4 is 17.0 Å². The highest BCUT2D eigenvalue weighted by molar-refractivity contribution is 5.85. The molecule has 0 radical (unpaired) electrons. The zero-order valence-electron chi connectivity index (χ0n) is 18.0. The molecule has 0 saturated carbocycles. The molecule has 0 aliphatic carbocycles. The summed E-state index contributed by atoms with van der Waals surface area (Å²) in [6.45, 7) is 0.894. The molecular formula is C26H20F3N5. The molecule has 8 heteroatoms. The molecule has 0 aliphatic heterocycles. The van der Waals surface area contributed by atoms with E-state index in [-0.39, 0.29) is 0 Å². The van der Waals surface area contributed by atoms with Crippen LogP contribution in [0, 0.1) is 0 Å². The van der Waals surface area contributed by atoms with Crippen LogP contribution in [0.3, 0.4) is 0 Å². The maximum Gasteiger partial charge on any atom is 0.416 e. The van der Waals surface area contributed by atoms with E-state index in [2.05, 4.69) is 10.3 Å². The van der Waals surface area contributed by atoms with E-state index < -0.39 is 11.7 Å². The number of anilines is 1. The topological polar surface area (TPSA) is 55.6 Å². The van der Waals surface area contributed by atoms with Gasteiger partial charge in [0.15, 0.2) is 17.3 Å². The van der Waals surface area contributed by atoms with Gasteiger partial charge >= 0.3 is 6.18 Å². The van der Waals surface area contributed by atoms with E-state index in [1.807, 2.05) is 65.2 Å². The van der Waals surface area contributed by atoms with Crippen molar-refractivity contribution in [3.63, 3.8) is 0 Å². The molecule has 5 rings (SSSR count). The Kier molecular flexibility index (Phi) is 5.71. The molecule has 0 atom stereocenters. The van der Waals surface area contributed by atoms with E-state index >= 15 is 0 Å². The fourth-order valence-electron chi connectivity index (χ4n) is 3.68. The van der Waals surface area contributed by atoms with E-state index in [9.17, 15) is 13.2 Å². The molecule has 3 aromatic carbocycles. The maximum atomic E-state index is 12.9. The van der Waals surface area contributed by atoms with Gasteiger partial charge in [0.05, 0.1) is 18.4 Å². The Morgan fingerprint density at radius 3 is 2.12 bits per heavy atom. The second-order valence-electron chi connectivity index (χ2n) is 7.84. The van der Waals surface area contributed by atoms with Crippen LogP contribution >= 0.6 is 0 Å². The van der Waals surface area contributed by atoms with Gasteiger partial charge in [-0.05, 0) is 23.3 Å². The van der Waals surface area contributed by atoms with Crippen molar-refractivity contribution in [3.05, 3.63) is 108 Å². The van der Waals surface area contributed by atoms with Crippen LogP contribution in [0.4, 0.5) is 19.0 Å². The lowest BCUT2D eigenvalue weighted by Gasteiger charge is -2.11. The Labute approximate surface area is 194 Å². The summed E-state index contributed by atoms with van der Waals surface area (Å²) in [6, 6.07) is 24.7. The maximum absolute atomic E-state index is 12.9. The Morgan fingerprint density at radius 2 is 1.44 bits per heavy atom. The molecule has 0 fully saturated rings. The fraction of sp³-hybridized carbons (Fsp3) is 0.115. The molecule has 0 spiro atoms. The SMILES string of the molecule is FC(F)(F)c1ccc(Cn2cnc3c(NCc4ccccc4)nc(-c4ccccc4)nc32)cc1. The number of hydrogen-bond acceptors (Lipinski definition) is 4. The Balaban J connectivity index is 1.52. The lowest BCUT2D eigenvalue weighted by atomic mass is 10.1. The number of benzene rings is 3. The monoisotopic (exact) mass is 459 g/mol. The van der Waals surface area contributed by atoms with Gasteiger partial charge in [-0.15, -0.1) is 0 Å². The summed E-state index contributed by atoms with van der Waals surface area (Å²) >= 11 is 0. The lowest BCUT2D eigenvalue weighted by Crippen LogP contribution is -2.07. The molecule has 0 amide bonds. The molecule has 34 heavy (non-hydrogen) atoms. The minimum Gasteiger partial charge on any atom is -0.364 e. The first-order chi connectivity index (χ1) is 16.5. The summed E-state index contributed by atoms with van der Waals surface area (Å²) < 4.78 is 40.6. The average Bonchev–Trinajstić information content (AvgIpc) is 3.26. The van der Waals surface area contributed by atoms with Gasteiger partial charge in [-0.1, -0.05) is 72.8 Å². The van der Waals surface area contributed by atoms with Gasteiger partial charge in [0.2, 0.25) is 0 Å². The van der Waals surface area contributed by atoms with Crippen LogP contribution in [0.25, 0.3) is 22.6 Å². The molecule has 0 saturated heterocycles. The number of hydrogen-bond donors (Lipinski definition) is 1. The zero-order chi connectivity index (χ0) is 23.5. The van der Waals surface area contributed by atoms with Gasteiger partial charge in [-0.25, -0.2) is 15.0 Å². The van der Waals surface area contributed by atoms with Gasteiger partial charge in [0.1, 0.15) is 5.52 Å². The normalized spacial score (nSPS) is 11.6. The number of fused-ring (bicyclic) bond motifs is 1. The smallest absolute Gasteiger partial charge is 0.364 e. The van der Waals surface area contributed by atoms with Gasteiger partial charge < -0.3 is 9.88 Å². The molecule has 5 nitrogen and oxygen atoms in total. The third-order valence-corrected chi connectivity index (χ3v) is 5.43. The van der Waals surface area contributed by atoms with E-state index in [0.717, 1.165) is 23.3 Å². The van der Waals surface area contributed by atoms with E-state index in [4.69, 9.17) is 9.97 Å². The van der Waals surface area contributed by atoms with Crippen molar-refractivity contribution in [2.75, 3.05) is 5.32 Å².